The second-order valence-electron chi connectivity index (χ2n) is 7.54. The van der Waals surface area contributed by atoms with E-state index in [2.05, 4.69) is 13.5 Å². The van der Waals surface area contributed by atoms with Crippen molar-refractivity contribution < 1.29 is 18.3 Å². The molecule has 2 heterocycles. The van der Waals surface area contributed by atoms with E-state index in [-0.39, 0.29) is 10.1 Å². The van der Waals surface area contributed by atoms with E-state index in [1.807, 2.05) is 48.5 Å². The number of nitrogens with zero attached hydrogens (tertiary/aromatic N) is 2. The van der Waals surface area contributed by atoms with Crippen molar-refractivity contribution in [2.24, 2.45) is 5.92 Å². The third-order valence-electron chi connectivity index (χ3n) is 5.80. The van der Waals surface area contributed by atoms with Crippen LogP contribution in [0.25, 0.3) is 21.5 Å². The largest absolute Gasteiger partial charge is 0.480 e. The molecule has 0 saturated heterocycles. The summed E-state index contributed by atoms with van der Waals surface area (Å²) in [5.74, 6) is -1.98. The fourth-order valence-corrected chi connectivity index (χ4v) is 7.41. The van der Waals surface area contributed by atoms with Crippen molar-refractivity contribution in [3.63, 3.8) is 0 Å². The third kappa shape index (κ3) is 3.26. The number of carbonyl (C=O) groups is 1. The second-order valence-corrected chi connectivity index (χ2v) is 11.1. The van der Waals surface area contributed by atoms with Gasteiger partial charge in [0.05, 0.1) is 11.7 Å². The molecule has 5 rings (SSSR count). The van der Waals surface area contributed by atoms with Gasteiger partial charge in [0.1, 0.15) is 20.8 Å². The fourth-order valence-electron chi connectivity index (χ4n) is 4.13. The van der Waals surface area contributed by atoms with E-state index in [4.69, 9.17) is 0 Å². The highest BCUT2D eigenvalue weighted by Gasteiger charge is 2.70. The third-order valence-corrected chi connectivity index (χ3v) is 9.47. The van der Waals surface area contributed by atoms with Crippen molar-refractivity contribution in [1.29, 1.82) is 0 Å². The Kier molecular flexibility index (Phi) is 4.70. The lowest BCUT2D eigenvalue weighted by Crippen LogP contribution is -2.45. The molecule has 2 aromatic carbocycles. The molecule has 0 aliphatic heterocycles. The number of sulfonamides is 1. The number of hydrogen-bond acceptors (Lipinski definition) is 7. The average Bonchev–Trinajstić information content (AvgIpc) is 3.18. The predicted octanol–water partition coefficient (Wildman–Crippen LogP) is 3.96. The van der Waals surface area contributed by atoms with Crippen LogP contribution < -0.4 is 4.72 Å². The van der Waals surface area contributed by atoms with Crippen molar-refractivity contribution in [3.05, 3.63) is 66.2 Å². The summed E-state index contributed by atoms with van der Waals surface area (Å²) in [5, 5.41) is 9.94. The molecule has 0 radical (unpaired) electrons. The summed E-state index contributed by atoms with van der Waals surface area (Å²) in [4.78, 5) is 12.9. The van der Waals surface area contributed by atoms with E-state index in [0.29, 0.717) is 0 Å². The minimum absolute atomic E-state index is 0.0746. The van der Waals surface area contributed by atoms with Crippen LogP contribution in [0.1, 0.15) is 18.4 Å². The van der Waals surface area contributed by atoms with E-state index in [1.165, 1.54) is 6.07 Å². The highest BCUT2D eigenvalue weighted by Crippen LogP contribution is 2.58. The van der Waals surface area contributed by atoms with Crippen molar-refractivity contribution in [2.45, 2.75) is 22.6 Å². The summed E-state index contributed by atoms with van der Waals surface area (Å²) >= 11 is 2.22. The number of thiophene rings is 1. The Morgan fingerprint density at radius 3 is 2.55 bits per heavy atom. The number of aromatic nitrogens is 2. The molecular weight excluding hydrogens is 454 g/mol. The Bertz CT molecular complexity index is 1400. The zero-order valence-electron chi connectivity index (χ0n) is 16.2. The van der Waals surface area contributed by atoms with E-state index < -0.39 is 27.4 Å². The Hall–Kier alpha value is -2.66. The lowest BCUT2D eigenvalue weighted by Gasteiger charge is -2.15. The van der Waals surface area contributed by atoms with Gasteiger partial charge >= 0.3 is 5.97 Å². The minimum Gasteiger partial charge on any atom is -0.480 e. The maximum absolute atomic E-state index is 13.1. The van der Waals surface area contributed by atoms with Gasteiger partial charge in [-0.3, -0.25) is 4.79 Å². The van der Waals surface area contributed by atoms with Crippen molar-refractivity contribution >= 4 is 50.1 Å². The Morgan fingerprint density at radius 2 is 1.81 bits per heavy atom. The summed E-state index contributed by atoms with van der Waals surface area (Å²) in [6.07, 6.45) is 0. The Morgan fingerprint density at radius 1 is 1.06 bits per heavy atom. The molecule has 1 unspecified atom stereocenters. The van der Waals surface area contributed by atoms with E-state index in [0.717, 1.165) is 50.1 Å². The van der Waals surface area contributed by atoms with Crippen LogP contribution in [-0.2, 0) is 14.8 Å². The van der Waals surface area contributed by atoms with E-state index in [9.17, 15) is 18.3 Å². The summed E-state index contributed by atoms with van der Waals surface area (Å²) in [7, 11) is -4.03. The average molecular weight is 472 g/mol. The molecule has 0 bridgehead atoms. The smallest absolute Gasteiger partial charge is 0.325 e. The first kappa shape index (κ1) is 20.3. The number of rotatable bonds is 6. The number of hydrogen-bond donors (Lipinski definition) is 2. The standard InChI is InChI=1S/C21H17N3O4S3/c1-12-19(13-5-3-2-4-6-13)21(12,20(25)26)24-31(27,28)18-10-9-17(29-18)14-7-8-15-16(11-14)23-30-22-15/h2-12,19,24H,1H3,(H,25,26)/t12?,19-,21+/m1/s1. The van der Waals surface area contributed by atoms with Crippen molar-refractivity contribution in [3.8, 4) is 10.4 Å². The maximum atomic E-state index is 13.1. The molecule has 31 heavy (non-hydrogen) atoms. The van der Waals surface area contributed by atoms with E-state index >= 15 is 0 Å². The molecule has 3 atom stereocenters. The number of benzene rings is 2. The molecule has 2 aromatic heterocycles. The molecule has 0 amide bonds. The van der Waals surface area contributed by atoms with Gasteiger partial charge in [-0.15, -0.1) is 11.3 Å². The summed E-state index contributed by atoms with van der Waals surface area (Å²) < 4.78 is 37.3. The Labute approximate surface area is 186 Å². The van der Waals surface area contributed by atoms with Gasteiger partial charge in [0.2, 0.25) is 0 Å². The normalized spacial score (nSPS) is 23.1. The molecule has 0 spiro atoms. The van der Waals surface area contributed by atoms with Crippen LogP contribution in [-0.4, -0.2) is 33.8 Å². The van der Waals surface area contributed by atoms with Gasteiger partial charge in [0.15, 0.2) is 0 Å². The maximum Gasteiger partial charge on any atom is 0.325 e. The minimum atomic E-state index is -4.03. The van der Waals surface area contributed by atoms with Gasteiger partial charge < -0.3 is 5.11 Å². The summed E-state index contributed by atoms with van der Waals surface area (Å²) in [6.45, 7) is 1.76. The molecule has 2 N–H and O–H groups in total. The highest BCUT2D eigenvalue weighted by molar-refractivity contribution is 7.91. The molecule has 1 aliphatic carbocycles. The summed E-state index contributed by atoms with van der Waals surface area (Å²) in [6, 6.07) is 17.9. The molecule has 1 aliphatic rings. The zero-order chi connectivity index (χ0) is 21.8. The molecule has 1 saturated carbocycles. The quantitative estimate of drug-likeness (QED) is 0.441. The number of nitrogens with one attached hydrogen (secondary N) is 1. The summed E-state index contributed by atoms with van der Waals surface area (Å²) in [5.41, 5.74) is 1.62. The fraction of sp³-hybridized carbons (Fsp3) is 0.190. The van der Waals surface area contributed by atoms with Crippen LogP contribution in [0.4, 0.5) is 0 Å². The SMILES string of the molecule is CC1[C@H](c2ccccc2)[C@]1(NS(=O)(=O)c1ccc(-c2ccc3nsnc3c2)s1)C(=O)O. The second kappa shape index (κ2) is 7.20. The van der Waals surface area contributed by atoms with Crippen LogP contribution in [0.3, 0.4) is 0 Å². The first-order valence-corrected chi connectivity index (χ1v) is 12.5. The van der Waals surface area contributed by atoms with Gasteiger partial charge in [0.25, 0.3) is 10.0 Å². The lowest BCUT2D eigenvalue weighted by atomic mass is 10.1. The van der Waals surface area contributed by atoms with Gasteiger partial charge in [-0.2, -0.15) is 13.5 Å². The van der Waals surface area contributed by atoms with Gasteiger partial charge in [-0.25, -0.2) is 8.42 Å². The Balaban J connectivity index is 1.46. The number of carboxylic acid groups (broad SMARTS) is 1. The van der Waals surface area contributed by atoms with Crippen LogP contribution in [0.5, 0.6) is 0 Å². The number of fused-ring (bicyclic) bond motifs is 1. The van der Waals surface area contributed by atoms with Crippen LogP contribution >= 0.6 is 23.1 Å². The van der Waals surface area contributed by atoms with Gasteiger partial charge in [-0.05, 0) is 41.3 Å². The predicted molar refractivity (Wildman–Crippen MR) is 120 cm³/mol. The van der Waals surface area contributed by atoms with Crippen molar-refractivity contribution in [2.75, 3.05) is 0 Å². The molecule has 7 nitrogen and oxygen atoms in total. The monoisotopic (exact) mass is 471 g/mol. The van der Waals surface area contributed by atoms with Crippen molar-refractivity contribution in [1.82, 2.24) is 13.5 Å². The van der Waals surface area contributed by atoms with Crippen LogP contribution in [0.2, 0.25) is 0 Å². The van der Waals surface area contributed by atoms with Crippen LogP contribution in [0.15, 0.2) is 64.9 Å². The zero-order valence-corrected chi connectivity index (χ0v) is 18.7. The van der Waals surface area contributed by atoms with Gasteiger partial charge in [0, 0.05) is 10.8 Å². The number of aliphatic carboxylic acids is 1. The highest BCUT2D eigenvalue weighted by atomic mass is 32.2. The first-order valence-electron chi connectivity index (χ1n) is 9.48. The van der Waals surface area contributed by atoms with Crippen LogP contribution in [0, 0.1) is 5.92 Å². The molecule has 158 valence electrons. The van der Waals surface area contributed by atoms with E-state index in [1.54, 1.807) is 13.0 Å². The van der Waals surface area contributed by atoms with Gasteiger partial charge in [-0.1, -0.05) is 43.3 Å². The topological polar surface area (TPSA) is 109 Å². The molecule has 1 fully saturated rings. The lowest BCUT2D eigenvalue weighted by molar-refractivity contribution is -0.140. The number of carboxylic acids is 1. The first-order chi connectivity index (χ1) is 14.8. The molecule has 4 aromatic rings. The molecular formula is C21H17N3O4S3. The molecule has 10 heteroatoms.